The first-order valence-corrected chi connectivity index (χ1v) is 9.39. The number of amides is 2. The molecule has 0 radical (unpaired) electrons. The van der Waals surface area contributed by atoms with Crippen LogP contribution in [-0.2, 0) is 14.3 Å². The molecular formula is C18H24N2O4S. The highest BCUT2D eigenvalue weighted by atomic mass is 32.2. The van der Waals surface area contributed by atoms with Crippen LogP contribution < -0.4 is 5.32 Å². The highest BCUT2D eigenvalue weighted by Gasteiger charge is 2.23. The minimum absolute atomic E-state index is 0.0212. The smallest absolute Gasteiger partial charge is 0.308 e. The van der Waals surface area contributed by atoms with E-state index >= 15 is 0 Å². The average molecular weight is 364 g/mol. The van der Waals surface area contributed by atoms with Gasteiger partial charge in [0.05, 0.1) is 18.6 Å². The topological polar surface area (TPSA) is 75.7 Å². The molecule has 1 aliphatic rings. The summed E-state index contributed by atoms with van der Waals surface area (Å²) in [7, 11) is 0. The highest BCUT2D eigenvalue weighted by Crippen LogP contribution is 2.19. The molecule has 1 heterocycles. The lowest BCUT2D eigenvalue weighted by atomic mass is 10.0. The van der Waals surface area contributed by atoms with Crippen LogP contribution in [0.15, 0.2) is 30.3 Å². The van der Waals surface area contributed by atoms with Crippen molar-refractivity contribution in [1.29, 1.82) is 0 Å². The number of nitrogens with one attached hydrogen (secondary N) is 1. The molecule has 0 bridgehead atoms. The molecule has 1 aromatic rings. The van der Waals surface area contributed by atoms with Gasteiger partial charge in [0, 0.05) is 25.3 Å². The van der Waals surface area contributed by atoms with Crippen molar-refractivity contribution in [3.05, 3.63) is 35.9 Å². The van der Waals surface area contributed by atoms with Gasteiger partial charge in [-0.15, -0.1) is 0 Å². The van der Waals surface area contributed by atoms with Gasteiger partial charge in [0.25, 0.3) is 5.24 Å². The maximum Gasteiger partial charge on any atom is 0.308 e. The van der Waals surface area contributed by atoms with E-state index in [9.17, 15) is 14.4 Å². The minimum Gasteiger partial charge on any atom is -0.463 e. The van der Waals surface area contributed by atoms with Crippen molar-refractivity contribution in [2.24, 2.45) is 0 Å². The number of carbonyl (C=O) groups is 3. The summed E-state index contributed by atoms with van der Waals surface area (Å²) < 4.78 is 5.19. The van der Waals surface area contributed by atoms with Crippen LogP contribution in [0.3, 0.4) is 0 Å². The second kappa shape index (κ2) is 9.46. The Bertz CT molecular complexity index is 606. The Balaban J connectivity index is 1.93. The quantitative estimate of drug-likeness (QED) is 0.718. The fraction of sp³-hybridized carbons (Fsp3) is 0.500. The van der Waals surface area contributed by atoms with E-state index in [1.54, 1.807) is 18.7 Å². The Kier molecular flexibility index (Phi) is 7.31. The summed E-state index contributed by atoms with van der Waals surface area (Å²) in [6.07, 6.45) is 0.0969. The number of esters is 1. The van der Waals surface area contributed by atoms with E-state index in [-0.39, 0.29) is 36.1 Å². The molecule has 25 heavy (non-hydrogen) atoms. The van der Waals surface area contributed by atoms with E-state index < -0.39 is 6.04 Å². The average Bonchev–Trinajstić information content (AvgIpc) is 2.97. The van der Waals surface area contributed by atoms with E-state index in [2.05, 4.69) is 5.32 Å². The number of benzene rings is 1. The van der Waals surface area contributed by atoms with Crippen LogP contribution in [-0.4, -0.2) is 47.0 Å². The van der Waals surface area contributed by atoms with Crippen LogP contribution in [0, 0.1) is 0 Å². The number of rotatable bonds is 8. The van der Waals surface area contributed by atoms with Gasteiger partial charge in [-0.2, -0.15) is 0 Å². The Hall–Kier alpha value is -2.02. The highest BCUT2D eigenvalue weighted by molar-refractivity contribution is 8.13. The molecule has 0 aliphatic carbocycles. The van der Waals surface area contributed by atoms with Crippen LogP contribution >= 0.6 is 11.8 Å². The third-order valence-electron chi connectivity index (χ3n) is 3.73. The van der Waals surface area contributed by atoms with Crippen molar-refractivity contribution in [1.82, 2.24) is 10.2 Å². The van der Waals surface area contributed by atoms with Gasteiger partial charge in [0.1, 0.15) is 0 Å². The second-order valence-electron chi connectivity index (χ2n) is 6.12. The van der Waals surface area contributed by atoms with Crippen molar-refractivity contribution in [3.8, 4) is 0 Å². The van der Waals surface area contributed by atoms with Crippen LogP contribution in [0.4, 0.5) is 4.79 Å². The molecule has 2 amide bonds. The fourth-order valence-corrected chi connectivity index (χ4v) is 3.40. The molecule has 7 heteroatoms. The molecular weight excluding hydrogens is 340 g/mol. The van der Waals surface area contributed by atoms with Crippen molar-refractivity contribution >= 4 is 28.9 Å². The molecule has 1 atom stereocenters. The summed E-state index contributed by atoms with van der Waals surface area (Å²) in [4.78, 5) is 37.5. The van der Waals surface area contributed by atoms with Crippen LogP contribution in [0.5, 0.6) is 0 Å². The number of hydrogen-bond donors (Lipinski definition) is 1. The summed E-state index contributed by atoms with van der Waals surface area (Å²) in [6.45, 7) is 4.66. The maximum absolute atomic E-state index is 12.3. The van der Waals surface area contributed by atoms with Gasteiger partial charge in [-0.1, -0.05) is 42.1 Å². The first kappa shape index (κ1) is 19.3. The van der Waals surface area contributed by atoms with Crippen LogP contribution in [0.1, 0.15) is 38.3 Å². The van der Waals surface area contributed by atoms with E-state index in [0.29, 0.717) is 13.1 Å². The van der Waals surface area contributed by atoms with Crippen LogP contribution in [0.2, 0.25) is 0 Å². The fourth-order valence-electron chi connectivity index (χ4n) is 2.55. The lowest BCUT2D eigenvalue weighted by Crippen LogP contribution is -2.34. The molecule has 0 saturated carbocycles. The molecule has 1 aliphatic heterocycles. The van der Waals surface area contributed by atoms with Gasteiger partial charge in [-0.3, -0.25) is 14.4 Å². The predicted molar refractivity (Wildman–Crippen MR) is 97.2 cm³/mol. The number of thioether (sulfide) groups is 1. The van der Waals surface area contributed by atoms with Gasteiger partial charge >= 0.3 is 5.97 Å². The minimum atomic E-state index is -0.441. The molecule has 136 valence electrons. The van der Waals surface area contributed by atoms with E-state index in [1.165, 1.54) is 11.8 Å². The van der Waals surface area contributed by atoms with Crippen LogP contribution in [0.25, 0.3) is 0 Å². The normalized spacial score (nSPS) is 15.3. The summed E-state index contributed by atoms with van der Waals surface area (Å²) in [5.41, 5.74) is 0.851. The summed E-state index contributed by atoms with van der Waals surface area (Å²) >= 11 is 1.28. The van der Waals surface area contributed by atoms with Crippen molar-refractivity contribution in [2.45, 2.75) is 38.8 Å². The molecule has 0 unspecified atom stereocenters. The molecule has 0 spiro atoms. The van der Waals surface area contributed by atoms with Gasteiger partial charge in [0.2, 0.25) is 5.91 Å². The van der Waals surface area contributed by atoms with Gasteiger partial charge in [-0.05, 0) is 19.4 Å². The molecule has 1 aromatic carbocycles. The summed E-state index contributed by atoms with van der Waals surface area (Å²) in [5, 5.41) is 2.91. The molecule has 6 nitrogen and oxygen atoms in total. The molecule has 2 rings (SSSR count). The Morgan fingerprint density at radius 1 is 1.28 bits per heavy atom. The summed E-state index contributed by atoms with van der Waals surface area (Å²) in [5.74, 6) is 0.236. The zero-order valence-corrected chi connectivity index (χ0v) is 15.4. The lowest BCUT2D eigenvalue weighted by molar-refractivity contribution is -0.148. The summed E-state index contributed by atoms with van der Waals surface area (Å²) in [6, 6.07) is 8.90. The zero-order chi connectivity index (χ0) is 18.2. The van der Waals surface area contributed by atoms with Crippen molar-refractivity contribution in [3.63, 3.8) is 0 Å². The zero-order valence-electron chi connectivity index (χ0n) is 14.6. The Morgan fingerprint density at radius 3 is 2.60 bits per heavy atom. The largest absolute Gasteiger partial charge is 0.463 e. The number of ether oxygens (including phenoxy) is 1. The standard InChI is InChI=1S/C18H24N2O4S/c1-13(2)24-17(22)12-15(14-6-4-3-5-7-14)19-16(21)8-9-20-10-11-25-18(20)23/h3-7,13,15H,8-12H2,1-2H3,(H,19,21)/t15-/m0/s1. The first-order valence-electron chi connectivity index (χ1n) is 8.41. The van der Waals surface area contributed by atoms with Crippen molar-refractivity contribution < 1.29 is 19.1 Å². The van der Waals surface area contributed by atoms with Gasteiger partial charge < -0.3 is 15.0 Å². The lowest BCUT2D eigenvalue weighted by Gasteiger charge is -2.20. The monoisotopic (exact) mass is 364 g/mol. The SMILES string of the molecule is CC(C)OC(=O)C[C@H](NC(=O)CCN1CCSC1=O)c1ccccc1. The Morgan fingerprint density at radius 2 is 2.00 bits per heavy atom. The number of carbonyl (C=O) groups excluding carboxylic acids is 3. The second-order valence-corrected chi connectivity index (χ2v) is 7.17. The van der Waals surface area contributed by atoms with E-state index in [0.717, 1.165) is 11.3 Å². The van der Waals surface area contributed by atoms with Gasteiger partial charge in [0.15, 0.2) is 0 Å². The molecule has 1 N–H and O–H groups in total. The third kappa shape index (κ3) is 6.42. The Labute approximate surface area is 152 Å². The first-order chi connectivity index (χ1) is 12.0. The third-order valence-corrected chi connectivity index (χ3v) is 4.62. The number of nitrogens with zero attached hydrogens (tertiary/aromatic N) is 1. The maximum atomic E-state index is 12.3. The molecule has 0 aromatic heterocycles. The van der Waals surface area contributed by atoms with Gasteiger partial charge in [-0.25, -0.2) is 0 Å². The van der Waals surface area contributed by atoms with E-state index in [1.807, 2.05) is 30.3 Å². The van der Waals surface area contributed by atoms with E-state index in [4.69, 9.17) is 4.74 Å². The molecule has 1 saturated heterocycles. The van der Waals surface area contributed by atoms with Crippen molar-refractivity contribution in [2.75, 3.05) is 18.8 Å². The predicted octanol–water partition coefficient (Wildman–Crippen LogP) is 2.74. The molecule has 1 fully saturated rings. The number of hydrogen-bond acceptors (Lipinski definition) is 5.